The summed E-state index contributed by atoms with van der Waals surface area (Å²) < 4.78 is 1.17. The Morgan fingerprint density at radius 3 is 2.26 bits per heavy atom. The van der Waals surface area contributed by atoms with Crippen molar-refractivity contribution in [2.24, 2.45) is 0 Å². The molecule has 0 aliphatic heterocycles. The number of nitrogens with one attached hydrogen (secondary N) is 1. The van der Waals surface area contributed by atoms with Gasteiger partial charge in [0.15, 0.2) is 5.13 Å². The number of hydrogen-bond acceptors (Lipinski definition) is 5. The van der Waals surface area contributed by atoms with E-state index in [0.717, 1.165) is 32.6 Å². The van der Waals surface area contributed by atoms with Crippen LogP contribution in [0.15, 0.2) is 83.8 Å². The highest BCUT2D eigenvalue weighted by atomic mass is 32.1. The molecule has 6 nitrogen and oxygen atoms in total. The predicted octanol–water partition coefficient (Wildman–Crippen LogP) is 5.44. The molecule has 0 radical (unpaired) electrons. The molecule has 0 aliphatic carbocycles. The molecule has 5 rings (SSSR count). The van der Waals surface area contributed by atoms with Gasteiger partial charge in [-0.15, -0.1) is 0 Å². The molecular formula is C27H22N4O2S. The fourth-order valence-electron chi connectivity index (χ4n) is 3.72. The molecule has 0 unspecified atom stereocenters. The Hall–Kier alpha value is -4.10. The zero-order chi connectivity index (χ0) is 23.7. The third-order valence-electron chi connectivity index (χ3n) is 5.57. The lowest BCUT2D eigenvalue weighted by Crippen LogP contribution is -2.29. The molecule has 1 amide bonds. The number of nitrogens with zero attached hydrogens (tertiary/aromatic N) is 3. The highest BCUT2D eigenvalue weighted by Crippen LogP contribution is 2.39. The third kappa shape index (κ3) is 4.38. The summed E-state index contributed by atoms with van der Waals surface area (Å²) in [5.74, 6) is -0.357. The van der Waals surface area contributed by atoms with Crippen molar-refractivity contribution in [2.45, 2.75) is 20.4 Å². The van der Waals surface area contributed by atoms with E-state index in [-0.39, 0.29) is 18.0 Å². The number of aromatic nitrogens is 3. The normalized spacial score (nSPS) is 11.0. The number of benzene rings is 3. The molecule has 0 aliphatic rings. The van der Waals surface area contributed by atoms with E-state index >= 15 is 0 Å². The highest BCUT2D eigenvalue weighted by Gasteiger charge is 2.17. The molecule has 34 heavy (non-hydrogen) atoms. The minimum absolute atomic E-state index is 0.191. The SMILES string of the molecule is Cc1ccc(-c2nc(NC(=O)Cn3ncc4ccccc4c3=O)sc2-c2ccc(C)cc2)cc1. The maximum Gasteiger partial charge on any atom is 0.275 e. The smallest absolute Gasteiger partial charge is 0.275 e. The number of aryl methyl sites for hydroxylation is 2. The second-order valence-corrected chi connectivity index (χ2v) is 9.17. The van der Waals surface area contributed by atoms with Crippen LogP contribution in [0.1, 0.15) is 11.1 Å². The standard InChI is InChI=1S/C27H22N4O2S/c1-17-7-11-19(12-8-17)24-25(20-13-9-18(2)10-14-20)34-27(30-24)29-23(32)16-31-26(33)22-6-4-3-5-21(22)15-28-31/h3-15H,16H2,1-2H3,(H,29,30,32). The average molecular weight is 467 g/mol. The van der Waals surface area contributed by atoms with Crippen LogP contribution in [0.4, 0.5) is 5.13 Å². The van der Waals surface area contributed by atoms with E-state index in [1.165, 1.54) is 21.6 Å². The summed E-state index contributed by atoms with van der Waals surface area (Å²) in [5, 5.41) is 8.76. The zero-order valence-electron chi connectivity index (χ0n) is 18.8. The van der Waals surface area contributed by atoms with E-state index in [2.05, 4.69) is 34.7 Å². The summed E-state index contributed by atoms with van der Waals surface area (Å²) in [6.07, 6.45) is 1.60. The van der Waals surface area contributed by atoms with Crippen LogP contribution in [0.2, 0.25) is 0 Å². The van der Waals surface area contributed by atoms with E-state index in [1.807, 2.05) is 50.2 Å². The van der Waals surface area contributed by atoms with Gasteiger partial charge in [0, 0.05) is 10.9 Å². The summed E-state index contributed by atoms with van der Waals surface area (Å²) in [6, 6.07) is 23.6. The van der Waals surface area contributed by atoms with Gasteiger partial charge in [0.25, 0.3) is 5.56 Å². The highest BCUT2D eigenvalue weighted by molar-refractivity contribution is 7.19. The molecule has 0 spiro atoms. The number of hydrogen-bond donors (Lipinski definition) is 1. The van der Waals surface area contributed by atoms with Gasteiger partial charge in [-0.05, 0) is 25.5 Å². The lowest BCUT2D eigenvalue weighted by atomic mass is 10.0. The van der Waals surface area contributed by atoms with Crippen LogP contribution in [0, 0.1) is 13.8 Å². The first-order chi connectivity index (χ1) is 16.5. The minimum atomic E-state index is -0.357. The summed E-state index contributed by atoms with van der Waals surface area (Å²) in [7, 11) is 0. The first-order valence-electron chi connectivity index (χ1n) is 10.9. The summed E-state index contributed by atoms with van der Waals surface area (Å²) in [6.45, 7) is 3.90. The fourth-order valence-corrected chi connectivity index (χ4v) is 4.73. The second-order valence-electron chi connectivity index (χ2n) is 8.17. The monoisotopic (exact) mass is 466 g/mol. The van der Waals surface area contributed by atoms with Crippen LogP contribution >= 0.6 is 11.3 Å². The Morgan fingerprint density at radius 2 is 1.56 bits per heavy atom. The van der Waals surface area contributed by atoms with Crippen LogP contribution in [0.25, 0.3) is 32.5 Å². The first kappa shape index (κ1) is 21.7. The van der Waals surface area contributed by atoms with Crippen molar-refractivity contribution in [3.05, 3.63) is 100 Å². The Bertz CT molecular complexity index is 1490. The lowest BCUT2D eigenvalue weighted by molar-refractivity contribution is -0.117. The number of amides is 1. The van der Waals surface area contributed by atoms with Gasteiger partial charge in [-0.2, -0.15) is 5.10 Å². The molecule has 2 aromatic heterocycles. The largest absolute Gasteiger partial charge is 0.300 e. The minimum Gasteiger partial charge on any atom is -0.300 e. The van der Waals surface area contributed by atoms with Gasteiger partial charge < -0.3 is 5.32 Å². The van der Waals surface area contributed by atoms with E-state index in [1.54, 1.807) is 18.3 Å². The molecule has 168 valence electrons. The van der Waals surface area contributed by atoms with Crippen molar-refractivity contribution >= 4 is 33.1 Å². The van der Waals surface area contributed by atoms with Crippen molar-refractivity contribution in [1.82, 2.24) is 14.8 Å². The van der Waals surface area contributed by atoms with Gasteiger partial charge >= 0.3 is 0 Å². The van der Waals surface area contributed by atoms with Crippen molar-refractivity contribution in [1.29, 1.82) is 0 Å². The van der Waals surface area contributed by atoms with Gasteiger partial charge in [-0.25, -0.2) is 9.67 Å². The molecule has 5 aromatic rings. The second kappa shape index (κ2) is 9.03. The molecule has 0 atom stereocenters. The van der Waals surface area contributed by atoms with Gasteiger partial charge in [-0.1, -0.05) is 89.2 Å². The molecular weight excluding hydrogens is 444 g/mol. The van der Waals surface area contributed by atoms with E-state index in [0.29, 0.717) is 10.5 Å². The Balaban J connectivity index is 1.46. The number of thiazole rings is 1. The number of fused-ring (bicyclic) bond motifs is 1. The number of anilines is 1. The maximum absolute atomic E-state index is 12.8. The Labute approximate surface area is 200 Å². The van der Waals surface area contributed by atoms with Crippen molar-refractivity contribution < 1.29 is 4.79 Å². The molecule has 0 fully saturated rings. The van der Waals surface area contributed by atoms with Crippen molar-refractivity contribution in [3.63, 3.8) is 0 Å². The van der Waals surface area contributed by atoms with Gasteiger partial charge in [0.05, 0.1) is 22.2 Å². The molecule has 0 bridgehead atoms. The first-order valence-corrected chi connectivity index (χ1v) is 11.7. The topological polar surface area (TPSA) is 76.9 Å². The number of carbonyl (C=O) groups is 1. The maximum atomic E-state index is 12.8. The fraction of sp³-hybridized carbons (Fsp3) is 0.111. The third-order valence-corrected chi connectivity index (χ3v) is 6.59. The summed E-state index contributed by atoms with van der Waals surface area (Å²) in [4.78, 5) is 31.2. The molecule has 1 N–H and O–H groups in total. The van der Waals surface area contributed by atoms with E-state index in [9.17, 15) is 9.59 Å². The van der Waals surface area contributed by atoms with Crippen LogP contribution in [0.5, 0.6) is 0 Å². The van der Waals surface area contributed by atoms with Crippen LogP contribution < -0.4 is 10.9 Å². The molecule has 0 saturated carbocycles. The van der Waals surface area contributed by atoms with E-state index in [4.69, 9.17) is 4.98 Å². The summed E-state index contributed by atoms with van der Waals surface area (Å²) >= 11 is 1.41. The summed E-state index contributed by atoms with van der Waals surface area (Å²) in [5.41, 5.74) is 4.86. The van der Waals surface area contributed by atoms with Gasteiger partial charge in [0.2, 0.25) is 5.91 Å². The Morgan fingerprint density at radius 1 is 0.912 bits per heavy atom. The van der Waals surface area contributed by atoms with Crippen LogP contribution in [0.3, 0.4) is 0 Å². The molecule has 2 heterocycles. The lowest BCUT2D eigenvalue weighted by Gasteiger charge is -2.05. The van der Waals surface area contributed by atoms with Crippen LogP contribution in [-0.4, -0.2) is 20.7 Å². The average Bonchev–Trinajstić information content (AvgIpc) is 3.25. The number of carbonyl (C=O) groups excluding carboxylic acids is 1. The quantitative estimate of drug-likeness (QED) is 0.374. The van der Waals surface area contributed by atoms with Gasteiger partial charge in [0.1, 0.15) is 6.54 Å². The van der Waals surface area contributed by atoms with Crippen LogP contribution in [-0.2, 0) is 11.3 Å². The van der Waals surface area contributed by atoms with E-state index < -0.39 is 0 Å². The van der Waals surface area contributed by atoms with Crippen molar-refractivity contribution in [3.8, 4) is 21.7 Å². The predicted molar refractivity (Wildman–Crippen MR) is 137 cm³/mol. The van der Waals surface area contributed by atoms with Gasteiger partial charge in [-0.3, -0.25) is 9.59 Å². The number of rotatable bonds is 5. The zero-order valence-corrected chi connectivity index (χ0v) is 19.6. The molecule has 7 heteroatoms. The van der Waals surface area contributed by atoms with Crippen molar-refractivity contribution in [2.75, 3.05) is 5.32 Å². The molecule has 0 saturated heterocycles. The Kier molecular flexibility index (Phi) is 5.77. The molecule has 3 aromatic carbocycles.